The summed E-state index contributed by atoms with van der Waals surface area (Å²) in [6, 6.07) is 0. The molecule has 4 aliphatic rings. The van der Waals surface area contributed by atoms with E-state index in [9.17, 15) is 61.3 Å². The minimum absolute atomic E-state index is 0.420. The van der Waals surface area contributed by atoms with E-state index in [-0.39, 0.29) is 0 Å². The third-order valence-corrected chi connectivity index (χ3v) is 7.47. The molecule has 240 valence electrons. The highest BCUT2D eigenvalue weighted by Gasteiger charge is 2.52. The Labute approximate surface area is 232 Å². The SMILES string of the molecule is OC[C@H]1O[C@H](O[C@@H]2CO[C@@H](O[C@@H]3[C@H](O)[C@@H](O[C@@H]4CO[C@@H](O)[C@H](O)[C@H]4O)O[C@H](CO)[C@H]3O)[C@H](O)[C@H]2O)[C@@H](O)[C@@H](O)[C@@H]1O. The van der Waals surface area contributed by atoms with Crippen molar-refractivity contribution in [2.45, 2.75) is 111 Å². The van der Waals surface area contributed by atoms with E-state index in [0.29, 0.717) is 0 Å². The van der Waals surface area contributed by atoms with Gasteiger partial charge in [-0.15, -0.1) is 0 Å². The lowest BCUT2D eigenvalue weighted by molar-refractivity contribution is -0.374. The van der Waals surface area contributed by atoms with Crippen molar-refractivity contribution in [3.8, 4) is 0 Å². The fourth-order valence-corrected chi connectivity index (χ4v) is 4.91. The Kier molecular flexibility index (Phi) is 11.2. The maximum absolute atomic E-state index is 10.8. The lowest BCUT2D eigenvalue weighted by Crippen LogP contribution is -2.65. The van der Waals surface area contributed by atoms with Crippen LogP contribution >= 0.6 is 0 Å². The van der Waals surface area contributed by atoms with Gasteiger partial charge in [0.25, 0.3) is 0 Å². The predicted molar refractivity (Wildman–Crippen MR) is 122 cm³/mol. The zero-order chi connectivity index (χ0) is 30.2. The second kappa shape index (κ2) is 13.9. The van der Waals surface area contributed by atoms with Crippen LogP contribution in [-0.4, -0.2) is 198 Å². The molecule has 0 unspecified atom stereocenters. The van der Waals surface area contributed by atoms with Gasteiger partial charge >= 0.3 is 0 Å². The lowest BCUT2D eigenvalue weighted by atomic mass is 9.97. The Morgan fingerprint density at radius 3 is 1.54 bits per heavy atom. The Bertz CT molecular complexity index is 822. The minimum Gasteiger partial charge on any atom is -0.394 e. The molecule has 0 aliphatic carbocycles. The fraction of sp³-hybridized carbons (Fsp3) is 1.00. The van der Waals surface area contributed by atoms with Crippen LogP contribution < -0.4 is 0 Å². The van der Waals surface area contributed by atoms with Gasteiger partial charge in [-0.05, 0) is 0 Å². The molecule has 4 heterocycles. The van der Waals surface area contributed by atoms with Gasteiger partial charge in [-0.3, -0.25) is 0 Å². The highest BCUT2D eigenvalue weighted by atomic mass is 16.8. The van der Waals surface area contributed by atoms with Crippen molar-refractivity contribution in [1.29, 1.82) is 0 Å². The Balaban J connectivity index is 1.39. The molecular formula is C22H38O19. The quantitative estimate of drug-likeness (QED) is 0.122. The Morgan fingerprint density at radius 2 is 0.951 bits per heavy atom. The average molecular weight is 607 g/mol. The van der Waals surface area contributed by atoms with Gasteiger partial charge in [-0.1, -0.05) is 0 Å². The standard InChI is InChI=1S/C22H38O19/c23-1-5-9(25)13(29)16(32)21(37-5)39-8-4-36-20(15(31)11(8)27)41-18-12(28)6(2-24)38-22(17(18)33)40-7-3-35-19(34)14(30)10(7)26/h5-34H,1-4H2/t5-,6-,7-,8-,9-,10+,11+,12-,13+,14-,15-,16+,17+,18+,19-,20+,21-,22-/m1/s1. The van der Waals surface area contributed by atoms with Crippen LogP contribution in [0.5, 0.6) is 0 Å². The summed E-state index contributed by atoms with van der Waals surface area (Å²) in [7, 11) is 0. The van der Waals surface area contributed by atoms with Crippen molar-refractivity contribution in [2.24, 2.45) is 0 Å². The van der Waals surface area contributed by atoms with Crippen LogP contribution in [0.15, 0.2) is 0 Å². The maximum Gasteiger partial charge on any atom is 0.187 e. The molecule has 0 aromatic rings. The normalized spacial score (nSPS) is 53.3. The van der Waals surface area contributed by atoms with Gasteiger partial charge in [-0.2, -0.15) is 0 Å². The van der Waals surface area contributed by atoms with Crippen LogP contribution in [0.25, 0.3) is 0 Å². The number of aliphatic hydroxyl groups is 12. The number of hydrogen-bond acceptors (Lipinski definition) is 19. The summed E-state index contributed by atoms with van der Waals surface area (Å²) >= 11 is 0. The predicted octanol–water partition coefficient (Wildman–Crippen LogP) is -8.47. The topological polar surface area (TPSA) is 307 Å². The van der Waals surface area contributed by atoms with Crippen LogP contribution in [0.4, 0.5) is 0 Å². The monoisotopic (exact) mass is 606 g/mol. The van der Waals surface area contributed by atoms with E-state index in [2.05, 4.69) is 0 Å². The third kappa shape index (κ3) is 6.83. The van der Waals surface area contributed by atoms with E-state index in [1.54, 1.807) is 0 Å². The molecule has 4 aliphatic heterocycles. The van der Waals surface area contributed by atoms with E-state index in [0.717, 1.165) is 0 Å². The van der Waals surface area contributed by atoms with E-state index in [4.69, 9.17) is 33.2 Å². The molecule has 41 heavy (non-hydrogen) atoms. The first-order valence-electron chi connectivity index (χ1n) is 12.9. The number of rotatable bonds is 8. The van der Waals surface area contributed by atoms with Gasteiger partial charge in [0.15, 0.2) is 25.2 Å². The molecule has 0 aromatic carbocycles. The second-order valence-electron chi connectivity index (χ2n) is 10.2. The van der Waals surface area contributed by atoms with Crippen LogP contribution in [-0.2, 0) is 33.2 Å². The van der Waals surface area contributed by atoms with Crippen LogP contribution in [0.1, 0.15) is 0 Å². The average Bonchev–Trinajstić information content (AvgIpc) is 2.96. The smallest absolute Gasteiger partial charge is 0.187 e. The summed E-state index contributed by atoms with van der Waals surface area (Å²) in [5.41, 5.74) is 0. The Hall–Kier alpha value is -0.760. The molecule has 0 saturated carbocycles. The maximum atomic E-state index is 10.8. The van der Waals surface area contributed by atoms with Crippen molar-refractivity contribution in [1.82, 2.24) is 0 Å². The molecule has 19 heteroatoms. The lowest BCUT2D eigenvalue weighted by Gasteiger charge is -2.47. The van der Waals surface area contributed by atoms with E-state index >= 15 is 0 Å². The first-order valence-corrected chi connectivity index (χ1v) is 12.9. The first-order chi connectivity index (χ1) is 19.4. The third-order valence-electron chi connectivity index (χ3n) is 7.47. The molecule has 19 nitrogen and oxygen atoms in total. The molecule has 4 saturated heterocycles. The second-order valence-corrected chi connectivity index (χ2v) is 10.2. The summed E-state index contributed by atoms with van der Waals surface area (Å²) in [5, 5.41) is 121. The van der Waals surface area contributed by atoms with Gasteiger partial charge in [0, 0.05) is 0 Å². The molecule has 0 radical (unpaired) electrons. The van der Waals surface area contributed by atoms with Crippen molar-refractivity contribution in [3.05, 3.63) is 0 Å². The molecule has 18 atom stereocenters. The fourth-order valence-electron chi connectivity index (χ4n) is 4.91. The van der Waals surface area contributed by atoms with E-state index in [1.165, 1.54) is 0 Å². The highest BCUT2D eigenvalue weighted by molar-refractivity contribution is 4.95. The van der Waals surface area contributed by atoms with Gasteiger partial charge in [0.1, 0.15) is 85.5 Å². The van der Waals surface area contributed by atoms with Crippen molar-refractivity contribution >= 4 is 0 Å². The first kappa shape index (κ1) is 33.1. The molecule has 0 amide bonds. The van der Waals surface area contributed by atoms with E-state index < -0.39 is 137 Å². The molecule has 0 bridgehead atoms. The van der Waals surface area contributed by atoms with Gasteiger partial charge in [-0.25, -0.2) is 0 Å². The molecule has 4 fully saturated rings. The Morgan fingerprint density at radius 1 is 0.463 bits per heavy atom. The summed E-state index contributed by atoms with van der Waals surface area (Å²) < 4.78 is 37.3. The van der Waals surface area contributed by atoms with Gasteiger partial charge in [0.2, 0.25) is 0 Å². The number of aliphatic hydroxyl groups excluding tert-OH is 12. The van der Waals surface area contributed by atoms with Crippen LogP contribution in [0.2, 0.25) is 0 Å². The molecule has 0 spiro atoms. The number of ether oxygens (including phenoxy) is 7. The van der Waals surface area contributed by atoms with Crippen LogP contribution in [0.3, 0.4) is 0 Å². The zero-order valence-electron chi connectivity index (χ0n) is 21.4. The zero-order valence-corrected chi connectivity index (χ0v) is 21.4. The van der Waals surface area contributed by atoms with Crippen LogP contribution in [0, 0.1) is 0 Å². The minimum atomic E-state index is -1.89. The number of hydrogen-bond donors (Lipinski definition) is 12. The van der Waals surface area contributed by atoms with Gasteiger partial charge in [0.05, 0.1) is 26.4 Å². The molecule has 0 aromatic heterocycles. The summed E-state index contributed by atoms with van der Waals surface area (Å²) in [6.45, 7) is -2.44. The summed E-state index contributed by atoms with van der Waals surface area (Å²) in [5.74, 6) is 0. The highest BCUT2D eigenvalue weighted by Crippen LogP contribution is 2.31. The molecular weight excluding hydrogens is 568 g/mol. The molecule has 12 N–H and O–H groups in total. The van der Waals surface area contributed by atoms with Gasteiger partial charge < -0.3 is 94.4 Å². The van der Waals surface area contributed by atoms with Crippen molar-refractivity contribution in [2.75, 3.05) is 26.4 Å². The summed E-state index contributed by atoms with van der Waals surface area (Å²) in [6.07, 6.45) is -29.6. The summed E-state index contributed by atoms with van der Waals surface area (Å²) in [4.78, 5) is 0. The molecule has 4 rings (SSSR count). The van der Waals surface area contributed by atoms with E-state index in [1.807, 2.05) is 0 Å². The van der Waals surface area contributed by atoms with Crippen molar-refractivity contribution in [3.63, 3.8) is 0 Å². The largest absolute Gasteiger partial charge is 0.394 e. The van der Waals surface area contributed by atoms with Crippen molar-refractivity contribution < 1.29 is 94.4 Å².